The number of benzene rings is 2. The van der Waals surface area contributed by atoms with E-state index >= 15 is 0 Å². The molecule has 0 unspecified atom stereocenters. The summed E-state index contributed by atoms with van der Waals surface area (Å²) in [5.41, 5.74) is 7.44. The summed E-state index contributed by atoms with van der Waals surface area (Å²) < 4.78 is 0. The first-order valence-electron chi connectivity index (χ1n) is 6.86. The van der Waals surface area contributed by atoms with Crippen LogP contribution in [-0.2, 0) is 4.79 Å². The van der Waals surface area contributed by atoms with E-state index in [-0.39, 0.29) is 0 Å². The van der Waals surface area contributed by atoms with Gasteiger partial charge >= 0.3 is 6.03 Å². The minimum absolute atomic E-state index is 0.409. The van der Waals surface area contributed by atoms with Crippen LogP contribution in [0.5, 0.6) is 0 Å². The van der Waals surface area contributed by atoms with Crippen molar-refractivity contribution in [1.29, 1.82) is 0 Å². The Hall–Kier alpha value is -2.79. The minimum Gasteiger partial charge on any atom is -0.399 e. The maximum atomic E-state index is 12.2. The number of nitrogen functional groups attached to an aromatic ring is 1. The molecule has 0 atom stereocenters. The van der Waals surface area contributed by atoms with Crippen LogP contribution in [0.2, 0.25) is 5.02 Å². The van der Waals surface area contributed by atoms with Crippen molar-refractivity contribution in [3.05, 3.63) is 65.3 Å². The van der Waals surface area contributed by atoms with E-state index in [0.717, 1.165) is 10.5 Å². The van der Waals surface area contributed by atoms with E-state index in [4.69, 9.17) is 17.3 Å². The van der Waals surface area contributed by atoms with Crippen molar-refractivity contribution < 1.29 is 9.59 Å². The Balaban J connectivity index is 2.10. The van der Waals surface area contributed by atoms with Crippen LogP contribution < -0.4 is 16.0 Å². The molecule has 0 bridgehead atoms. The van der Waals surface area contributed by atoms with Crippen molar-refractivity contribution in [1.82, 2.24) is 5.32 Å². The second-order valence-corrected chi connectivity index (χ2v) is 5.22. The number of anilines is 2. The maximum Gasteiger partial charge on any atom is 0.332 e. The van der Waals surface area contributed by atoms with Crippen LogP contribution in [0.15, 0.2) is 54.7 Å². The lowest BCUT2D eigenvalue weighted by Gasteiger charge is -2.19. The first-order chi connectivity index (χ1) is 11.0. The van der Waals surface area contributed by atoms with Crippen LogP contribution in [0, 0.1) is 0 Å². The van der Waals surface area contributed by atoms with Crippen LogP contribution >= 0.6 is 11.6 Å². The number of halogens is 1. The number of carbonyl (C=O) groups is 2. The van der Waals surface area contributed by atoms with E-state index in [2.05, 4.69) is 5.32 Å². The summed E-state index contributed by atoms with van der Waals surface area (Å²) in [5.74, 6) is -0.409. The topological polar surface area (TPSA) is 75.4 Å². The average Bonchev–Trinajstić information content (AvgIpc) is 2.49. The molecule has 118 valence electrons. The summed E-state index contributed by atoms with van der Waals surface area (Å²) >= 11 is 5.80. The molecule has 5 nitrogen and oxygen atoms in total. The van der Waals surface area contributed by atoms with Gasteiger partial charge in [-0.1, -0.05) is 29.8 Å². The van der Waals surface area contributed by atoms with Gasteiger partial charge in [0.2, 0.25) is 5.91 Å². The molecule has 23 heavy (non-hydrogen) atoms. The van der Waals surface area contributed by atoms with E-state index in [1.54, 1.807) is 42.5 Å². The summed E-state index contributed by atoms with van der Waals surface area (Å²) in [6, 6.07) is 13.1. The molecular formula is C17H16ClN3O2. The molecule has 0 saturated carbocycles. The van der Waals surface area contributed by atoms with Gasteiger partial charge in [0.15, 0.2) is 0 Å². The number of carbonyl (C=O) groups excluding carboxylic acids is 2. The maximum absolute atomic E-state index is 12.2. The van der Waals surface area contributed by atoms with Crippen LogP contribution in [0.3, 0.4) is 0 Å². The van der Waals surface area contributed by atoms with Gasteiger partial charge in [-0.25, -0.2) is 9.69 Å². The fourth-order valence-electron chi connectivity index (χ4n) is 1.95. The molecule has 0 aliphatic rings. The van der Waals surface area contributed by atoms with Gasteiger partial charge in [0.05, 0.1) is 5.69 Å². The van der Waals surface area contributed by atoms with Gasteiger partial charge < -0.3 is 11.1 Å². The number of hydrogen-bond acceptors (Lipinski definition) is 3. The van der Waals surface area contributed by atoms with Crippen LogP contribution in [-0.4, -0.2) is 11.9 Å². The Morgan fingerprint density at radius 2 is 1.87 bits per heavy atom. The lowest BCUT2D eigenvalue weighted by Crippen LogP contribution is -2.41. The molecule has 2 aromatic rings. The van der Waals surface area contributed by atoms with Crippen LogP contribution in [0.1, 0.15) is 12.5 Å². The Kier molecular flexibility index (Phi) is 5.38. The predicted molar refractivity (Wildman–Crippen MR) is 93.0 cm³/mol. The minimum atomic E-state index is -0.562. The normalized spacial score (nSPS) is 10.5. The van der Waals surface area contributed by atoms with E-state index in [1.165, 1.54) is 13.1 Å². The first-order valence-corrected chi connectivity index (χ1v) is 7.24. The van der Waals surface area contributed by atoms with E-state index in [9.17, 15) is 9.59 Å². The van der Waals surface area contributed by atoms with Gasteiger partial charge in [-0.2, -0.15) is 0 Å². The van der Waals surface area contributed by atoms with Gasteiger partial charge in [-0.15, -0.1) is 0 Å². The number of rotatable bonds is 3. The van der Waals surface area contributed by atoms with Crippen molar-refractivity contribution in [3.8, 4) is 0 Å². The largest absolute Gasteiger partial charge is 0.399 e. The summed E-state index contributed by atoms with van der Waals surface area (Å²) in [7, 11) is 0. The number of amides is 3. The molecule has 0 saturated heterocycles. The fourth-order valence-corrected chi connectivity index (χ4v) is 2.08. The predicted octanol–water partition coefficient (Wildman–Crippen LogP) is 3.66. The standard InChI is InChI=1S/C17H16ClN3O2/c1-12(22)21(16-4-2-3-15(19)11-16)17(23)20-10-9-13-5-7-14(18)8-6-13/h2-11H,19H2,1H3,(H,20,23)/b10-9+. The molecular weight excluding hydrogens is 314 g/mol. The van der Waals surface area contributed by atoms with Gasteiger partial charge in [0.1, 0.15) is 0 Å². The van der Waals surface area contributed by atoms with Crippen molar-refractivity contribution in [2.75, 3.05) is 10.6 Å². The summed E-state index contributed by atoms with van der Waals surface area (Å²) in [6.07, 6.45) is 3.17. The number of urea groups is 1. The quantitative estimate of drug-likeness (QED) is 0.844. The van der Waals surface area contributed by atoms with E-state index in [0.29, 0.717) is 16.4 Å². The lowest BCUT2D eigenvalue weighted by molar-refractivity contribution is -0.115. The summed E-state index contributed by atoms with van der Waals surface area (Å²) in [5, 5.41) is 3.19. The Bertz CT molecular complexity index is 742. The second-order valence-electron chi connectivity index (χ2n) is 4.78. The van der Waals surface area contributed by atoms with Gasteiger partial charge in [0, 0.05) is 23.8 Å². The molecule has 0 radical (unpaired) electrons. The number of nitrogens with zero attached hydrogens (tertiary/aromatic N) is 1. The first kappa shape index (κ1) is 16.6. The highest BCUT2D eigenvalue weighted by molar-refractivity contribution is 6.30. The highest BCUT2D eigenvalue weighted by atomic mass is 35.5. The average molecular weight is 330 g/mol. The zero-order valence-corrected chi connectivity index (χ0v) is 13.2. The molecule has 2 aromatic carbocycles. The van der Waals surface area contributed by atoms with Crippen LogP contribution in [0.4, 0.5) is 16.2 Å². The number of hydrogen-bond donors (Lipinski definition) is 2. The van der Waals surface area contributed by atoms with E-state index < -0.39 is 11.9 Å². The monoisotopic (exact) mass is 329 g/mol. The number of imide groups is 1. The smallest absolute Gasteiger partial charge is 0.332 e. The van der Waals surface area contributed by atoms with E-state index in [1.807, 2.05) is 12.1 Å². The molecule has 0 aliphatic heterocycles. The zero-order chi connectivity index (χ0) is 16.8. The molecule has 0 fully saturated rings. The van der Waals surface area contributed by atoms with Crippen molar-refractivity contribution in [2.45, 2.75) is 6.92 Å². The van der Waals surface area contributed by atoms with Gasteiger partial charge in [0.25, 0.3) is 0 Å². The zero-order valence-electron chi connectivity index (χ0n) is 12.5. The number of nitrogens with two attached hydrogens (primary N) is 1. The SMILES string of the molecule is CC(=O)N(C(=O)N/C=C/c1ccc(Cl)cc1)c1cccc(N)c1. The molecule has 3 N–H and O–H groups in total. The lowest BCUT2D eigenvalue weighted by atomic mass is 10.2. The third-order valence-corrected chi connectivity index (χ3v) is 3.25. The third kappa shape index (κ3) is 4.59. The van der Waals surface area contributed by atoms with Gasteiger partial charge in [-0.3, -0.25) is 4.79 Å². The second kappa shape index (κ2) is 7.47. The van der Waals surface area contributed by atoms with Crippen molar-refractivity contribution in [2.24, 2.45) is 0 Å². The molecule has 2 rings (SSSR count). The molecule has 0 aromatic heterocycles. The summed E-state index contributed by atoms with van der Waals surface area (Å²) in [6.45, 7) is 1.31. The van der Waals surface area contributed by atoms with Crippen molar-refractivity contribution >= 4 is 41.0 Å². The molecule has 0 aliphatic carbocycles. The third-order valence-electron chi connectivity index (χ3n) is 3.00. The Morgan fingerprint density at radius 1 is 1.17 bits per heavy atom. The summed E-state index contributed by atoms with van der Waals surface area (Å²) in [4.78, 5) is 25.0. The van der Waals surface area contributed by atoms with Crippen LogP contribution in [0.25, 0.3) is 6.08 Å². The fraction of sp³-hybridized carbons (Fsp3) is 0.0588. The Morgan fingerprint density at radius 3 is 2.48 bits per heavy atom. The molecule has 6 heteroatoms. The number of nitrogens with one attached hydrogen (secondary N) is 1. The Labute approximate surface area is 139 Å². The molecule has 3 amide bonds. The highest BCUT2D eigenvalue weighted by Gasteiger charge is 2.19. The molecule has 0 spiro atoms. The molecule has 0 heterocycles. The highest BCUT2D eigenvalue weighted by Crippen LogP contribution is 2.18. The van der Waals surface area contributed by atoms with Crippen molar-refractivity contribution in [3.63, 3.8) is 0 Å². The van der Waals surface area contributed by atoms with Gasteiger partial charge in [-0.05, 0) is 42.0 Å².